The number of carbonyl (C=O) groups excluding carboxylic acids is 1. The molecule has 0 aliphatic carbocycles. The zero-order valence-electron chi connectivity index (χ0n) is 18.4. The second kappa shape index (κ2) is 8.78. The minimum Gasteiger partial charge on any atom is -0.497 e. The van der Waals surface area contributed by atoms with Crippen molar-refractivity contribution in [3.8, 4) is 17.1 Å². The Morgan fingerprint density at radius 1 is 1.09 bits per heavy atom. The summed E-state index contributed by atoms with van der Waals surface area (Å²) >= 11 is 0. The van der Waals surface area contributed by atoms with Gasteiger partial charge < -0.3 is 19.9 Å². The number of aromatic nitrogens is 4. The van der Waals surface area contributed by atoms with Crippen LogP contribution in [-0.4, -0.2) is 70.3 Å². The SMILES string of the molecule is C=CCNC(=O)N1CCN(c2nc3ccccc3c3nnc(-c4ccc(OC)cc4)n23)CC1. The summed E-state index contributed by atoms with van der Waals surface area (Å²) in [4.78, 5) is 21.3. The van der Waals surface area contributed by atoms with Crippen molar-refractivity contribution in [3.05, 3.63) is 61.2 Å². The third-order valence-electron chi connectivity index (χ3n) is 5.82. The summed E-state index contributed by atoms with van der Waals surface area (Å²) in [5, 5.41) is 12.8. The van der Waals surface area contributed by atoms with Crippen molar-refractivity contribution >= 4 is 28.5 Å². The number of urea groups is 1. The lowest BCUT2D eigenvalue weighted by Crippen LogP contribution is -2.52. The van der Waals surface area contributed by atoms with E-state index in [2.05, 4.69) is 27.0 Å². The molecule has 33 heavy (non-hydrogen) atoms. The number of methoxy groups -OCH3 is 1. The van der Waals surface area contributed by atoms with Gasteiger partial charge in [0.1, 0.15) is 5.75 Å². The number of carbonyl (C=O) groups is 1. The Balaban J connectivity index is 1.55. The number of anilines is 1. The van der Waals surface area contributed by atoms with Gasteiger partial charge in [-0.2, -0.15) is 0 Å². The van der Waals surface area contributed by atoms with E-state index in [1.165, 1.54) is 0 Å². The maximum atomic E-state index is 12.3. The van der Waals surface area contributed by atoms with E-state index in [9.17, 15) is 4.79 Å². The highest BCUT2D eigenvalue weighted by Gasteiger charge is 2.25. The maximum absolute atomic E-state index is 12.3. The van der Waals surface area contributed by atoms with Crippen LogP contribution in [0.15, 0.2) is 61.2 Å². The Bertz CT molecular complexity index is 1310. The van der Waals surface area contributed by atoms with Gasteiger partial charge in [0, 0.05) is 43.7 Å². The summed E-state index contributed by atoms with van der Waals surface area (Å²) < 4.78 is 7.31. The van der Waals surface area contributed by atoms with Gasteiger partial charge in [-0.15, -0.1) is 16.8 Å². The topological polar surface area (TPSA) is 87.9 Å². The zero-order chi connectivity index (χ0) is 22.8. The van der Waals surface area contributed by atoms with E-state index in [1.807, 2.05) is 57.8 Å². The Kier molecular flexibility index (Phi) is 5.52. The van der Waals surface area contributed by atoms with Gasteiger partial charge in [-0.25, -0.2) is 14.2 Å². The van der Waals surface area contributed by atoms with Crippen molar-refractivity contribution in [2.75, 3.05) is 44.7 Å². The average Bonchev–Trinajstić information content (AvgIpc) is 3.32. The highest BCUT2D eigenvalue weighted by atomic mass is 16.5. The Labute approximate surface area is 191 Å². The zero-order valence-corrected chi connectivity index (χ0v) is 18.4. The van der Waals surface area contributed by atoms with Crippen LogP contribution in [0.5, 0.6) is 5.75 Å². The molecule has 1 fully saturated rings. The van der Waals surface area contributed by atoms with E-state index in [-0.39, 0.29) is 6.03 Å². The van der Waals surface area contributed by atoms with Crippen LogP contribution in [0.4, 0.5) is 10.7 Å². The molecule has 5 rings (SSSR count). The van der Waals surface area contributed by atoms with Gasteiger partial charge in [-0.05, 0) is 36.4 Å². The predicted molar refractivity (Wildman–Crippen MR) is 128 cm³/mol. The van der Waals surface area contributed by atoms with Crippen LogP contribution in [0.2, 0.25) is 0 Å². The molecular weight excluding hydrogens is 418 g/mol. The van der Waals surface area contributed by atoms with E-state index in [1.54, 1.807) is 13.2 Å². The van der Waals surface area contributed by atoms with Crippen LogP contribution < -0.4 is 15.0 Å². The molecule has 0 saturated carbocycles. The summed E-state index contributed by atoms with van der Waals surface area (Å²) in [6.45, 7) is 6.61. The predicted octanol–water partition coefficient (Wildman–Crippen LogP) is 2.97. The molecule has 0 bridgehead atoms. The first kappa shape index (κ1) is 20.7. The minimum absolute atomic E-state index is 0.0746. The Morgan fingerprint density at radius 2 is 1.85 bits per heavy atom. The summed E-state index contributed by atoms with van der Waals surface area (Å²) in [5.74, 6) is 2.26. The summed E-state index contributed by atoms with van der Waals surface area (Å²) in [7, 11) is 1.65. The second-order valence-electron chi connectivity index (χ2n) is 7.79. The first-order valence-electron chi connectivity index (χ1n) is 10.9. The van der Waals surface area contributed by atoms with Crippen LogP contribution >= 0.6 is 0 Å². The van der Waals surface area contributed by atoms with Gasteiger partial charge in [0.15, 0.2) is 11.5 Å². The van der Waals surface area contributed by atoms with E-state index in [0.717, 1.165) is 33.8 Å². The highest BCUT2D eigenvalue weighted by molar-refractivity contribution is 5.93. The molecule has 0 unspecified atom stereocenters. The average molecular weight is 444 g/mol. The fourth-order valence-corrected chi connectivity index (χ4v) is 4.09. The van der Waals surface area contributed by atoms with Crippen LogP contribution in [0.1, 0.15) is 0 Å². The second-order valence-corrected chi connectivity index (χ2v) is 7.79. The molecular formula is C24H25N7O2. The molecule has 0 atom stereocenters. The Hall–Kier alpha value is -4.14. The number of nitrogens with one attached hydrogen (secondary N) is 1. The lowest BCUT2D eigenvalue weighted by Gasteiger charge is -2.35. The van der Waals surface area contributed by atoms with Crippen molar-refractivity contribution in [1.82, 2.24) is 29.8 Å². The lowest BCUT2D eigenvalue weighted by molar-refractivity contribution is 0.195. The molecule has 0 radical (unpaired) electrons. The van der Waals surface area contributed by atoms with Crippen LogP contribution in [-0.2, 0) is 0 Å². The molecule has 168 valence electrons. The number of hydrogen-bond donors (Lipinski definition) is 1. The molecule has 0 spiro atoms. The highest BCUT2D eigenvalue weighted by Crippen LogP contribution is 2.29. The third-order valence-corrected chi connectivity index (χ3v) is 5.82. The van der Waals surface area contributed by atoms with Crippen LogP contribution in [0.3, 0.4) is 0 Å². The molecule has 2 amide bonds. The van der Waals surface area contributed by atoms with Crippen molar-refractivity contribution in [2.24, 2.45) is 0 Å². The van der Waals surface area contributed by atoms with E-state index in [0.29, 0.717) is 38.5 Å². The number of benzene rings is 2. The molecule has 9 nitrogen and oxygen atoms in total. The first-order valence-corrected chi connectivity index (χ1v) is 10.9. The van der Waals surface area contributed by atoms with Crippen LogP contribution in [0, 0.1) is 0 Å². The summed E-state index contributed by atoms with van der Waals surface area (Å²) in [5.41, 5.74) is 2.54. The van der Waals surface area contributed by atoms with Gasteiger partial charge in [0.25, 0.3) is 0 Å². The molecule has 3 heterocycles. The monoisotopic (exact) mass is 443 g/mol. The smallest absolute Gasteiger partial charge is 0.317 e. The molecule has 1 saturated heterocycles. The maximum Gasteiger partial charge on any atom is 0.317 e. The van der Waals surface area contributed by atoms with Crippen LogP contribution in [0.25, 0.3) is 27.9 Å². The van der Waals surface area contributed by atoms with E-state index < -0.39 is 0 Å². The van der Waals surface area contributed by atoms with Gasteiger partial charge in [0.05, 0.1) is 12.6 Å². The van der Waals surface area contributed by atoms with Crippen molar-refractivity contribution < 1.29 is 9.53 Å². The van der Waals surface area contributed by atoms with E-state index in [4.69, 9.17) is 9.72 Å². The minimum atomic E-state index is -0.0746. The van der Waals surface area contributed by atoms with E-state index >= 15 is 0 Å². The summed E-state index contributed by atoms with van der Waals surface area (Å²) in [6, 6.07) is 15.6. The van der Waals surface area contributed by atoms with Crippen molar-refractivity contribution in [3.63, 3.8) is 0 Å². The van der Waals surface area contributed by atoms with Gasteiger partial charge in [0.2, 0.25) is 5.95 Å². The fourth-order valence-electron chi connectivity index (χ4n) is 4.09. The number of nitrogens with zero attached hydrogens (tertiary/aromatic N) is 6. The lowest BCUT2D eigenvalue weighted by atomic mass is 10.2. The van der Waals surface area contributed by atoms with Gasteiger partial charge in [-0.1, -0.05) is 18.2 Å². The van der Waals surface area contributed by atoms with Crippen molar-refractivity contribution in [2.45, 2.75) is 0 Å². The normalized spacial score (nSPS) is 14.0. The molecule has 9 heteroatoms. The fraction of sp³-hybridized carbons (Fsp3) is 0.250. The molecule has 2 aromatic heterocycles. The number of piperazine rings is 1. The molecule has 1 N–H and O–H groups in total. The van der Waals surface area contributed by atoms with Gasteiger partial charge >= 0.3 is 6.03 Å². The largest absolute Gasteiger partial charge is 0.497 e. The number of fused-ring (bicyclic) bond motifs is 3. The summed E-state index contributed by atoms with van der Waals surface area (Å²) in [6.07, 6.45) is 1.68. The third kappa shape index (κ3) is 3.82. The number of ether oxygens (including phenoxy) is 1. The number of hydrogen-bond acceptors (Lipinski definition) is 6. The Morgan fingerprint density at radius 3 is 2.58 bits per heavy atom. The molecule has 2 aromatic carbocycles. The molecule has 1 aliphatic rings. The number of para-hydroxylation sites is 1. The van der Waals surface area contributed by atoms with Crippen molar-refractivity contribution in [1.29, 1.82) is 0 Å². The molecule has 1 aliphatic heterocycles. The number of rotatable bonds is 5. The standard InChI is InChI=1S/C24H25N7O2/c1-3-12-25-24(32)30-15-13-29(14-16-30)23-26-20-7-5-4-6-19(20)22-28-27-21(31(22)23)17-8-10-18(33-2)11-9-17/h3-11H,1,12-16H2,2H3,(H,25,32). The quantitative estimate of drug-likeness (QED) is 0.477. The number of amides is 2. The van der Waals surface area contributed by atoms with Gasteiger partial charge in [-0.3, -0.25) is 0 Å². The first-order chi connectivity index (χ1) is 16.2. The molecule has 4 aromatic rings.